The number of methoxy groups -OCH3 is 2. The Bertz CT molecular complexity index is 1260. The van der Waals surface area contributed by atoms with Crippen LogP contribution in [0.25, 0.3) is 0 Å². The van der Waals surface area contributed by atoms with Gasteiger partial charge >= 0.3 is 0 Å². The van der Waals surface area contributed by atoms with E-state index in [1.54, 1.807) is 14.2 Å². The van der Waals surface area contributed by atoms with Gasteiger partial charge in [0.2, 0.25) is 0 Å². The minimum absolute atomic E-state index is 0.175. The molecule has 0 aromatic heterocycles. The first-order valence-corrected chi connectivity index (χ1v) is 11.1. The van der Waals surface area contributed by atoms with Crippen LogP contribution < -0.4 is 9.47 Å². The van der Waals surface area contributed by atoms with Crippen molar-refractivity contribution in [2.45, 2.75) is 12.5 Å². The minimum atomic E-state index is -0.512. The van der Waals surface area contributed by atoms with Crippen LogP contribution in [0.2, 0.25) is 0 Å². The summed E-state index contributed by atoms with van der Waals surface area (Å²) in [6, 6.07) is 20.0. The fraction of sp³-hybridized carbons (Fsp3) is 0.222. The highest BCUT2D eigenvalue weighted by atomic mass is 19.1. The van der Waals surface area contributed by atoms with Gasteiger partial charge in [-0.05, 0) is 48.0 Å². The highest BCUT2D eigenvalue weighted by molar-refractivity contribution is 6.04. The maximum Gasteiger partial charge on any atom is 0.262 e. The van der Waals surface area contributed by atoms with E-state index < -0.39 is 11.7 Å². The molecule has 1 aliphatic heterocycles. The first kappa shape index (κ1) is 23.9. The van der Waals surface area contributed by atoms with Crippen LogP contribution in [0.1, 0.15) is 33.9 Å². The Kier molecular flexibility index (Phi) is 7.10. The number of nitrogens with zero attached hydrogens (tertiary/aromatic N) is 3. The summed E-state index contributed by atoms with van der Waals surface area (Å²) in [5, 5.41) is 6.07. The predicted molar refractivity (Wildman–Crippen MR) is 130 cm³/mol. The van der Waals surface area contributed by atoms with Gasteiger partial charge in [0, 0.05) is 24.6 Å². The summed E-state index contributed by atoms with van der Waals surface area (Å²) in [6.45, 7) is -0.211. The SMILES string of the molecule is COc1ccc([C@H]2CC(c3cccc(OC)c3)=NN2C(=O)CN(C)C(=O)c2cccc(F)c2)cc1. The summed E-state index contributed by atoms with van der Waals surface area (Å²) in [4.78, 5) is 27.4. The maximum absolute atomic E-state index is 13.6. The van der Waals surface area contributed by atoms with E-state index in [0.29, 0.717) is 17.9 Å². The zero-order valence-corrected chi connectivity index (χ0v) is 19.8. The second-order valence-electron chi connectivity index (χ2n) is 8.18. The monoisotopic (exact) mass is 475 g/mol. The molecule has 0 radical (unpaired) electrons. The van der Waals surface area contributed by atoms with Crippen molar-refractivity contribution in [3.63, 3.8) is 0 Å². The summed E-state index contributed by atoms with van der Waals surface area (Å²) in [5.41, 5.74) is 2.65. The average Bonchev–Trinajstić information content (AvgIpc) is 3.34. The molecule has 35 heavy (non-hydrogen) atoms. The Balaban J connectivity index is 1.60. The molecule has 8 heteroatoms. The molecule has 0 bridgehead atoms. The molecule has 1 aliphatic rings. The molecule has 0 N–H and O–H groups in total. The van der Waals surface area contributed by atoms with Gasteiger partial charge in [-0.25, -0.2) is 9.40 Å². The summed E-state index contributed by atoms with van der Waals surface area (Å²) >= 11 is 0. The first-order chi connectivity index (χ1) is 16.9. The number of hydrogen-bond acceptors (Lipinski definition) is 5. The van der Waals surface area contributed by atoms with Crippen molar-refractivity contribution in [3.05, 3.63) is 95.3 Å². The molecular weight excluding hydrogens is 449 g/mol. The Morgan fingerprint density at radius 3 is 2.40 bits per heavy atom. The van der Waals surface area contributed by atoms with E-state index in [9.17, 15) is 14.0 Å². The number of likely N-dealkylation sites (N-methyl/N-ethyl adjacent to an activating group) is 1. The number of rotatable bonds is 7. The lowest BCUT2D eigenvalue weighted by Gasteiger charge is -2.25. The standard InChI is InChI=1S/C27H26FN3O4/c1-30(27(33)20-7-4-8-21(28)14-20)17-26(32)31-25(18-10-12-22(34-2)13-11-18)16-24(29-31)19-6-5-9-23(15-19)35-3/h4-15,25H,16-17H2,1-3H3/t25-/m1/s1. The lowest BCUT2D eigenvalue weighted by molar-refractivity contribution is -0.133. The van der Waals surface area contributed by atoms with Crippen LogP contribution in [0.3, 0.4) is 0 Å². The smallest absolute Gasteiger partial charge is 0.262 e. The van der Waals surface area contributed by atoms with E-state index in [1.165, 1.54) is 35.2 Å². The van der Waals surface area contributed by atoms with Crippen molar-refractivity contribution in [2.24, 2.45) is 5.10 Å². The number of amides is 2. The number of benzene rings is 3. The number of hydrazone groups is 1. The molecule has 3 aromatic carbocycles. The van der Waals surface area contributed by atoms with Gasteiger partial charge in [-0.15, -0.1) is 0 Å². The van der Waals surface area contributed by atoms with Gasteiger partial charge < -0.3 is 14.4 Å². The second-order valence-corrected chi connectivity index (χ2v) is 8.18. The van der Waals surface area contributed by atoms with Crippen molar-refractivity contribution in [1.82, 2.24) is 9.91 Å². The minimum Gasteiger partial charge on any atom is -0.497 e. The van der Waals surface area contributed by atoms with Gasteiger partial charge in [-0.1, -0.05) is 30.3 Å². The summed E-state index contributed by atoms with van der Waals surface area (Å²) < 4.78 is 24.2. The van der Waals surface area contributed by atoms with E-state index in [1.807, 2.05) is 48.5 Å². The molecular formula is C27H26FN3O4. The lowest BCUT2D eigenvalue weighted by atomic mass is 9.98. The lowest BCUT2D eigenvalue weighted by Crippen LogP contribution is -2.39. The Morgan fingerprint density at radius 2 is 1.71 bits per heavy atom. The Morgan fingerprint density at radius 1 is 1.00 bits per heavy atom. The number of carbonyl (C=O) groups excluding carboxylic acids is 2. The Labute approximate surface area is 203 Å². The van der Waals surface area contributed by atoms with Gasteiger partial charge in [-0.3, -0.25) is 9.59 Å². The Hall–Kier alpha value is -4.20. The summed E-state index contributed by atoms with van der Waals surface area (Å²) in [5.74, 6) is 0.0867. The molecule has 0 aliphatic carbocycles. The van der Waals surface area contributed by atoms with Crippen molar-refractivity contribution in [1.29, 1.82) is 0 Å². The third kappa shape index (κ3) is 5.32. The van der Waals surface area contributed by atoms with Gasteiger partial charge in [0.1, 0.15) is 23.9 Å². The molecule has 0 saturated carbocycles. The fourth-order valence-corrected chi connectivity index (χ4v) is 3.99. The van der Waals surface area contributed by atoms with E-state index in [2.05, 4.69) is 5.10 Å². The molecule has 0 spiro atoms. The number of halogens is 1. The largest absolute Gasteiger partial charge is 0.497 e. The highest BCUT2D eigenvalue weighted by Gasteiger charge is 2.34. The van der Waals surface area contributed by atoms with Crippen LogP contribution in [-0.4, -0.2) is 55.2 Å². The van der Waals surface area contributed by atoms with Crippen molar-refractivity contribution in [2.75, 3.05) is 27.8 Å². The first-order valence-electron chi connectivity index (χ1n) is 11.1. The van der Waals surface area contributed by atoms with Crippen molar-refractivity contribution >= 4 is 17.5 Å². The van der Waals surface area contributed by atoms with Crippen LogP contribution in [0.5, 0.6) is 11.5 Å². The van der Waals surface area contributed by atoms with E-state index >= 15 is 0 Å². The van der Waals surface area contributed by atoms with Crippen LogP contribution in [-0.2, 0) is 4.79 Å². The molecule has 1 heterocycles. The summed E-state index contributed by atoms with van der Waals surface area (Å²) in [7, 11) is 4.70. The molecule has 1 atom stereocenters. The number of carbonyl (C=O) groups is 2. The third-order valence-corrected chi connectivity index (χ3v) is 5.86. The molecule has 0 unspecified atom stereocenters. The zero-order chi connectivity index (χ0) is 24.9. The van der Waals surface area contributed by atoms with Crippen LogP contribution in [0, 0.1) is 5.82 Å². The highest BCUT2D eigenvalue weighted by Crippen LogP contribution is 2.34. The van der Waals surface area contributed by atoms with Gasteiger partial charge in [-0.2, -0.15) is 5.10 Å². The maximum atomic E-state index is 13.6. The van der Waals surface area contributed by atoms with E-state index in [-0.39, 0.29) is 24.1 Å². The quantitative estimate of drug-likeness (QED) is 0.511. The molecule has 3 aromatic rings. The van der Waals surface area contributed by atoms with Gasteiger partial charge in [0.05, 0.1) is 26.0 Å². The molecule has 180 valence electrons. The summed E-state index contributed by atoms with van der Waals surface area (Å²) in [6.07, 6.45) is 0.493. The third-order valence-electron chi connectivity index (χ3n) is 5.86. The molecule has 0 fully saturated rings. The van der Waals surface area contributed by atoms with Crippen molar-refractivity contribution < 1.29 is 23.5 Å². The van der Waals surface area contributed by atoms with Crippen LogP contribution in [0.4, 0.5) is 4.39 Å². The van der Waals surface area contributed by atoms with Gasteiger partial charge in [0.15, 0.2) is 0 Å². The molecule has 4 rings (SSSR count). The topological polar surface area (TPSA) is 71.4 Å². The zero-order valence-electron chi connectivity index (χ0n) is 19.8. The number of ether oxygens (including phenoxy) is 2. The average molecular weight is 476 g/mol. The predicted octanol–water partition coefficient (Wildman–Crippen LogP) is 4.29. The van der Waals surface area contributed by atoms with E-state index in [4.69, 9.17) is 9.47 Å². The molecule has 2 amide bonds. The van der Waals surface area contributed by atoms with Crippen LogP contribution >= 0.6 is 0 Å². The van der Waals surface area contributed by atoms with Crippen LogP contribution in [0.15, 0.2) is 77.9 Å². The second kappa shape index (κ2) is 10.4. The molecule has 7 nitrogen and oxygen atoms in total. The van der Waals surface area contributed by atoms with E-state index in [0.717, 1.165) is 22.9 Å². The normalized spacial score (nSPS) is 14.9. The fourth-order valence-electron chi connectivity index (χ4n) is 3.99. The number of hydrogen-bond donors (Lipinski definition) is 0. The van der Waals surface area contributed by atoms with Gasteiger partial charge in [0.25, 0.3) is 11.8 Å². The van der Waals surface area contributed by atoms with Crippen molar-refractivity contribution in [3.8, 4) is 11.5 Å². The molecule has 0 saturated heterocycles.